The lowest BCUT2D eigenvalue weighted by molar-refractivity contribution is -0.141. The van der Waals surface area contributed by atoms with Crippen molar-refractivity contribution in [3.05, 3.63) is 23.9 Å². The first kappa shape index (κ1) is 14.2. The third-order valence-electron chi connectivity index (χ3n) is 2.06. The van der Waals surface area contributed by atoms with Crippen LogP contribution in [0.25, 0.3) is 0 Å². The van der Waals surface area contributed by atoms with Crippen LogP contribution in [0.1, 0.15) is 10.4 Å². The van der Waals surface area contributed by atoms with Gasteiger partial charge in [0.2, 0.25) is 0 Å². The SMILES string of the molecule is Nc1ccc(C(=O)N(CCO)CC(F)(F)F)cn1. The molecule has 8 heteroatoms. The van der Waals surface area contributed by atoms with Crippen LogP contribution in [-0.4, -0.2) is 46.8 Å². The largest absolute Gasteiger partial charge is 0.406 e. The normalized spacial score (nSPS) is 11.3. The van der Waals surface area contributed by atoms with Gasteiger partial charge in [0.25, 0.3) is 5.91 Å². The van der Waals surface area contributed by atoms with Crippen molar-refractivity contribution in [1.82, 2.24) is 9.88 Å². The van der Waals surface area contributed by atoms with E-state index in [1.165, 1.54) is 12.1 Å². The van der Waals surface area contributed by atoms with Gasteiger partial charge in [0.05, 0.1) is 12.2 Å². The van der Waals surface area contributed by atoms with Crippen molar-refractivity contribution in [2.45, 2.75) is 6.18 Å². The Morgan fingerprint density at radius 3 is 2.56 bits per heavy atom. The van der Waals surface area contributed by atoms with Gasteiger partial charge in [-0.15, -0.1) is 0 Å². The number of amides is 1. The van der Waals surface area contributed by atoms with E-state index in [0.717, 1.165) is 6.20 Å². The zero-order valence-electron chi connectivity index (χ0n) is 9.31. The molecule has 0 aliphatic heterocycles. The maximum absolute atomic E-state index is 12.3. The standard InChI is InChI=1S/C10H12F3N3O2/c11-10(12,13)6-16(3-4-17)9(18)7-1-2-8(14)15-5-7/h1-2,5,17H,3-4,6H2,(H2,14,15). The Balaban J connectivity index is 2.85. The summed E-state index contributed by atoms with van der Waals surface area (Å²) in [7, 11) is 0. The van der Waals surface area contributed by atoms with Crippen LogP contribution < -0.4 is 5.73 Å². The van der Waals surface area contributed by atoms with E-state index in [0.29, 0.717) is 4.90 Å². The summed E-state index contributed by atoms with van der Waals surface area (Å²) in [5.41, 5.74) is 5.30. The zero-order valence-corrected chi connectivity index (χ0v) is 9.31. The van der Waals surface area contributed by atoms with E-state index >= 15 is 0 Å². The number of halogens is 3. The lowest BCUT2D eigenvalue weighted by atomic mass is 10.2. The van der Waals surface area contributed by atoms with E-state index in [1.54, 1.807) is 0 Å². The molecule has 0 aromatic carbocycles. The monoisotopic (exact) mass is 263 g/mol. The van der Waals surface area contributed by atoms with Crippen LogP contribution in [0.15, 0.2) is 18.3 Å². The summed E-state index contributed by atoms with van der Waals surface area (Å²) in [4.78, 5) is 15.9. The smallest absolute Gasteiger partial charge is 0.395 e. The number of carbonyl (C=O) groups is 1. The van der Waals surface area contributed by atoms with Gasteiger partial charge in [-0.3, -0.25) is 4.79 Å². The lowest BCUT2D eigenvalue weighted by Crippen LogP contribution is -2.40. The molecule has 0 aliphatic carbocycles. The Hall–Kier alpha value is -1.83. The molecular weight excluding hydrogens is 251 g/mol. The molecule has 5 nitrogen and oxygen atoms in total. The van der Waals surface area contributed by atoms with E-state index in [-0.39, 0.29) is 11.4 Å². The van der Waals surface area contributed by atoms with Crippen molar-refractivity contribution >= 4 is 11.7 Å². The first-order valence-corrected chi connectivity index (χ1v) is 5.02. The van der Waals surface area contributed by atoms with Crippen molar-refractivity contribution < 1.29 is 23.1 Å². The summed E-state index contributed by atoms with van der Waals surface area (Å²) < 4.78 is 36.8. The molecule has 1 aromatic rings. The van der Waals surface area contributed by atoms with Crippen molar-refractivity contribution in [1.29, 1.82) is 0 Å². The first-order chi connectivity index (χ1) is 8.33. The molecule has 0 atom stereocenters. The van der Waals surface area contributed by atoms with Crippen LogP contribution in [0.2, 0.25) is 0 Å². The molecule has 0 spiro atoms. The third-order valence-corrected chi connectivity index (χ3v) is 2.06. The molecule has 0 saturated heterocycles. The number of rotatable bonds is 4. The van der Waals surface area contributed by atoms with Crippen molar-refractivity contribution in [2.75, 3.05) is 25.4 Å². The second-order valence-electron chi connectivity index (χ2n) is 3.54. The van der Waals surface area contributed by atoms with Gasteiger partial charge in [-0.1, -0.05) is 0 Å². The minimum atomic E-state index is -4.52. The number of carbonyl (C=O) groups excluding carboxylic acids is 1. The highest BCUT2D eigenvalue weighted by molar-refractivity contribution is 5.94. The average Bonchev–Trinajstić information content (AvgIpc) is 2.27. The van der Waals surface area contributed by atoms with Gasteiger partial charge < -0.3 is 15.7 Å². The number of aromatic nitrogens is 1. The number of hydrogen-bond acceptors (Lipinski definition) is 4. The van der Waals surface area contributed by atoms with Crippen LogP contribution in [-0.2, 0) is 0 Å². The van der Waals surface area contributed by atoms with E-state index in [4.69, 9.17) is 10.8 Å². The highest BCUT2D eigenvalue weighted by Crippen LogP contribution is 2.18. The highest BCUT2D eigenvalue weighted by atomic mass is 19.4. The van der Waals surface area contributed by atoms with Gasteiger partial charge in [0, 0.05) is 12.7 Å². The summed E-state index contributed by atoms with van der Waals surface area (Å²) >= 11 is 0. The van der Waals surface area contributed by atoms with Crippen LogP contribution >= 0.6 is 0 Å². The lowest BCUT2D eigenvalue weighted by Gasteiger charge is -2.22. The molecule has 18 heavy (non-hydrogen) atoms. The number of nitrogen functional groups attached to an aromatic ring is 1. The van der Waals surface area contributed by atoms with Gasteiger partial charge in [0.15, 0.2) is 0 Å². The number of pyridine rings is 1. The van der Waals surface area contributed by atoms with Gasteiger partial charge in [-0.2, -0.15) is 13.2 Å². The molecule has 0 unspecified atom stereocenters. The average molecular weight is 263 g/mol. The fourth-order valence-corrected chi connectivity index (χ4v) is 1.30. The van der Waals surface area contributed by atoms with Gasteiger partial charge in [-0.05, 0) is 12.1 Å². The molecule has 1 amide bonds. The maximum Gasteiger partial charge on any atom is 0.406 e. The Kier molecular flexibility index (Phi) is 4.49. The van der Waals surface area contributed by atoms with Crippen LogP contribution in [0, 0.1) is 0 Å². The number of hydrogen-bond donors (Lipinski definition) is 2. The van der Waals surface area contributed by atoms with Crippen LogP contribution in [0.3, 0.4) is 0 Å². The fourth-order valence-electron chi connectivity index (χ4n) is 1.30. The highest BCUT2D eigenvalue weighted by Gasteiger charge is 2.33. The molecule has 0 bridgehead atoms. The summed E-state index contributed by atoms with van der Waals surface area (Å²) in [6.45, 7) is -2.37. The number of anilines is 1. The maximum atomic E-state index is 12.3. The minimum Gasteiger partial charge on any atom is -0.395 e. The minimum absolute atomic E-state index is 0.0121. The van der Waals surface area contributed by atoms with E-state index in [2.05, 4.69) is 4.98 Å². The van der Waals surface area contributed by atoms with Crippen LogP contribution in [0.4, 0.5) is 19.0 Å². The Bertz CT molecular complexity index is 406. The summed E-state index contributed by atoms with van der Waals surface area (Å²) in [6.07, 6.45) is -3.43. The van der Waals surface area contributed by atoms with Crippen molar-refractivity contribution in [3.8, 4) is 0 Å². The van der Waals surface area contributed by atoms with E-state index < -0.39 is 31.8 Å². The number of nitrogens with two attached hydrogens (primary N) is 1. The number of aliphatic hydroxyl groups excluding tert-OH is 1. The summed E-state index contributed by atoms with van der Waals surface area (Å²) in [5, 5.41) is 8.68. The molecule has 0 fully saturated rings. The van der Waals surface area contributed by atoms with Gasteiger partial charge in [-0.25, -0.2) is 4.98 Å². The molecule has 1 heterocycles. The Morgan fingerprint density at radius 2 is 2.11 bits per heavy atom. The summed E-state index contributed by atoms with van der Waals surface area (Å²) in [5.74, 6) is -0.690. The van der Waals surface area contributed by atoms with Crippen molar-refractivity contribution in [3.63, 3.8) is 0 Å². The predicted octanol–water partition coefficient (Wildman–Crippen LogP) is 0.661. The third kappa shape index (κ3) is 4.21. The van der Waals surface area contributed by atoms with E-state index in [1.807, 2.05) is 0 Å². The Labute approximate surface area is 101 Å². The molecule has 1 aromatic heterocycles. The first-order valence-electron chi connectivity index (χ1n) is 5.02. The van der Waals surface area contributed by atoms with Gasteiger partial charge in [0.1, 0.15) is 12.4 Å². The van der Waals surface area contributed by atoms with Crippen LogP contribution in [0.5, 0.6) is 0 Å². The second kappa shape index (κ2) is 5.67. The number of nitrogens with zero attached hydrogens (tertiary/aromatic N) is 2. The topological polar surface area (TPSA) is 79.5 Å². The molecule has 3 N–H and O–H groups in total. The molecule has 100 valence electrons. The molecular formula is C10H12F3N3O2. The molecule has 0 aliphatic rings. The van der Waals surface area contributed by atoms with Crippen molar-refractivity contribution in [2.24, 2.45) is 0 Å². The molecule has 1 rings (SSSR count). The quantitative estimate of drug-likeness (QED) is 0.836. The molecule has 0 saturated carbocycles. The molecule has 0 radical (unpaired) electrons. The van der Waals surface area contributed by atoms with E-state index in [9.17, 15) is 18.0 Å². The fraction of sp³-hybridized carbons (Fsp3) is 0.400. The predicted molar refractivity (Wildman–Crippen MR) is 57.7 cm³/mol. The number of alkyl halides is 3. The Morgan fingerprint density at radius 1 is 1.44 bits per heavy atom. The zero-order chi connectivity index (χ0) is 13.8. The van der Waals surface area contributed by atoms with Gasteiger partial charge >= 0.3 is 6.18 Å². The summed E-state index contributed by atoms with van der Waals surface area (Å²) in [6, 6.07) is 2.60. The number of aliphatic hydroxyl groups is 1. The second-order valence-corrected chi connectivity index (χ2v) is 3.54.